The minimum absolute atomic E-state index is 0.211. The molecular weight excluding hydrogens is 248 g/mol. The monoisotopic (exact) mass is 256 g/mol. The molecule has 90 valence electrons. The summed E-state index contributed by atoms with van der Waals surface area (Å²) >= 11 is -1.87. The second-order valence-electron chi connectivity index (χ2n) is 2.71. The summed E-state index contributed by atoms with van der Waals surface area (Å²) in [4.78, 5) is 24.4. The molecule has 1 aromatic rings. The molecule has 0 radical (unpaired) electrons. The zero-order valence-corrected chi connectivity index (χ0v) is 9.55. The fourth-order valence-corrected chi connectivity index (χ4v) is 1.80. The van der Waals surface area contributed by atoms with Gasteiger partial charge in [-0.1, -0.05) is 0 Å². The van der Waals surface area contributed by atoms with E-state index < -0.39 is 22.1 Å². The van der Waals surface area contributed by atoms with E-state index in [4.69, 9.17) is 0 Å². The van der Waals surface area contributed by atoms with E-state index in [1.165, 1.54) is 25.4 Å². The van der Waals surface area contributed by atoms with Crippen LogP contribution in [0.4, 0.5) is 5.69 Å². The van der Waals surface area contributed by atoms with Crippen LogP contribution in [0.2, 0.25) is 0 Å². The predicted molar refractivity (Wildman–Crippen MR) is 58.5 cm³/mol. The number of aromatic nitrogens is 1. The number of pyridine rings is 1. The van der Waals surface area contributed by atoms with Gasteiger partial charge in [-0.25, -0.2) is 9.78 Å². The van der Waals surface area contributed by atoms with Gasteiger partial charge in [-0.3, -0.25) is 10.1 Å². The third-order valence-corrected chi connectivity index (χ3v) is 2.75. The molecule has 0 spiro atoms. The SMILES string of the molecule is COC(=O)C=C[S+]([O-])c1ncccc1[N+](=O)[O-]. The van der Waals surface area contributed by atoms with E-state index in [1.807, 2.05) is 0 Å². The summed E-state index contributed by atoms with van der Waals surface area (Å²) in [6.45, 7) is 0. The van der Waals surface area contributed by atoms with Crippen LogP contribution in [0.3, 0.4) is 0 Å². The topological polar surface area (TPSA) is 105 Å². The average Bonchev–Trinajstić information content (AvgIpc) is 2.35. The number of hydrogen-bond acceptors (Lipinski definition) is 6. The largest absolute Gasteiger partial charge is 0.606 e. The number of nitro groups is 1. The highest BCUT2D eigenvalue weighted by Gasteiger charge is 2.24. The van der Waals surface area contributed by atoms with E-state index in [9.17, 15) is 19.5 Å². The summed E-state index contributed by atoms with van der Waals surface area (Å²) in [6, 6.07) is 2.55. The number of carbonyl (C=O) groups is 1. The van der Waals surface area contributed by atoms with Crippen molar-refractivity contribution in [3.05, 3.63) is 39.9 Å². The van der Waals surface area contributed by atoms with Crippen molar-refractivity contribution in [3.63, 3.8) is 0 Å². The van der Waals surface area contributed by atoms with E-state index >= 15 is 0 Å². The van der Waals surface area contributed by atoms with Gasteiger partial charge in [0.05, 0.1) is 18.1 Å². The molecule has 0 fully saturated rings. The summed E-state index contributed by atoms with van der Waals surface area (Å²) in [5.74, 6) is -0.697. The van der Waals surface area contributed by atoms with Crippen molar-refractivity contribution in [2.24, 2.45) is 0 Å². The maximum atomic E-state index is 11.6. The fourth-order valence-electron chi connectivity index (χ4n) is 0.926. The van der Waals surface area contributed by atoms with Crippen molar-refractivity contribution in [2.75, 3.05) is 7.11 Å². The number of esters is 1. The summed E-state index contributed by atoms with van der Waals surface area (Å²) < 4.78 is 15.9. The number of nitrogens with zero attached hydrogens (tertiary/aromatic N) is 2. The van der Waals surface area contributed by atoms with Gasteiger partial charge in [0.1, 0.15) is 5.41 Å². The van der Waals surface area contributed by atoms with Crippen LogP contribution in [0.15, 0.2) is 34.8 Å². The van der Waals surface area contributed by atoms with Crippen molar-refractivity contribution in [3.8, 4) is 0 Å². The van der Waals surface area contributed by atoms with Crippen LogP contribution < -0.4 is 0 Å². The van der Waals surface area contributed by atoms with Crippen molar-refractivity contribution >= 4 is 22.8 Å². The van der Waals surface area contributed by atoms with Gasteiger partial charge in [-0.05, 0) is 6.07 Å². The summed E-state index contributed by atoms with van der Waals surface area (Å²) in [5, 5.41) is 11.4. The molecular formula is C9H8N2O5S. The molecule has 0 N–H and O–H groups in total. The van der Waals surface area contributed by atoms with E-state index in [0.29, 0.717) is 0 Å². The maximum Gasteiger partial charge on any atom is 0.344 e. The summed E-state index contributed by atoms with van der Waals surface area (Å²) in [6.07, 6.45) is 2.21. The van der Waals surface area contributed by atoms with Gasteiger partial charge >= 0.3 is 16.7 Å². The van der Waals surface area contributed by atoms with Crippen LogP contribution in [-0.4, -0.2) is 27.5 Å². The molecule has 0 aliphatic heterocycles. The van der Waals surface area contributed by atoms with Gasteiger partial charge < -0.3 is 9.29 Å². The first kappa shape index (κ1) is 13.1. The number of hydrogen-bond donors (Lipinski definition) is 0. The standard InChI is InChI=1S/C9H8N2O5S/c1-16-8(12)4-6-17(15)9-7(11(13)14)3-2-5-10-9/h2-6H,1H3. The van der Waals surface area contributed by atoms with Crippen LogP contribution in [0.25, 0.3) is 0 Å². The maximum absolute atomic E-state index is 11.6. The van der Waals surface area contributed by atoms with Crippen molar-refractivity contribution < 1.29 is 19.0 Å². The van der Waals surface area contributed by atoms with Gasteiger partial charge in [-0.15, -0.1) is 0 Å². The number of methoxy groups -OCH3 is 1. The lowest BCUT2D eigenvalue weighted by atomic mass is 10.4. The molecule has 0 bridgehead atoms. The van der Waals surface area contributed by atoms with E-state index in [0.717, 1.165) is 11.5 Å². The Morgan fingerprint density at radius 2 is 2.35 bits per heavy atom. The van der Waals surface area contributed by atoms with E-state index in [2.05, 4.69) is 9.72 Å². The first-order chi connectivity index (χ1) is 8.06. The zero-order chi connectivity index (χ0) is 12.8. The van der Waals surface area contributed by atoms with Gasteiger partial charge in [0.2, 0.25) is 0 Å². The van der Waals surface area contributed by atoms with Gasteiger partial charge in [0.25, 0.3) is 0 Å². The molecule has 0 aliphatic rings. The Bertz CT molecular complexity index is 462. The molecule has 7 nitrogen and oxygen atoms in total. The number of carbonyl (C=O) groups excluding carboxylic acids is 1. The van der Waals surface area contributed by atoms with Crippen LogP contribution >= 0.6 is 0 Å². The highest BCUT2D eigenvalue weighted by molar-refractivity contribution is 7.94. The van der Waals surface area contributed by atoms with Crippen LogP contribution in [0.5, 0.6) is 0 Å². The van der Waals surface area contributed by atoms with Gasteiger partial charge in [0.15, 0.2) is 0 Å². The summed E-state index contributed by atoms with van der Waals surface area (Å²) in [5.41, 5.74) is -0.361. The molecule has 17 heavy (non-hydrogen) atoms. The molecule has 1 heterocycles. The molecule has 0 aromatic carbocycles. The minimum atomic E-state index is -1.87. The Labute approximate surface area is 99.4 Å². The fraction of sp³-hybridized carbons (Fsp3) is 0.111. The van der Waals surface area contributed by atoms with Crippen molar-refractivity contribution in [2.45, 2.75) is 5.03 Å². The predicted octanol–water partition coefficient (Wildman–Crippen LogP) is 0.784. The lowest BCUT2D eigenvalue weighted by molar-refractivity contribution is -0.388. The first-order valence-electron chi connectivity index (χ1n) is 4.32. The molecule has 0 saturated carbocycles. The first-order valence-corrected chi connectivity index (χ1v) is 5.53. The molecule has 0 aliphatic carbocycles. The number of ether oxygens (including phenoxy) is 1. The zero-order valence-electron chi connectivity index (χ0n) is 8.73. The normalized spacial score (nSPS) is 12.4. The van der Waals surface area contributed by atoms with Crippen LogP contribution in [0.1, 0.15) is 0 Å². The van der Waals surface area contributed by atoms with Crippen molar-refractivity contribution in [1.29, 1.82) is 0 Å². The highest BCUT2D eigenvalue weighted by atomic mass is 32.2. The Morgan fingerprint density at radius 3 is 2.94 bits per heavy atom. The lowest BCUT2D eigenvalue weighted by Crippen LogP contribution is -2.05. The Balaban J connectivity index is 2.96. The van der Waals surface area contributed by atoms with Crippen molar-refractivity contribution in [1.82, 2.24) is 4.98 Å². The molecule has 1 aromatic heterocycles. The smallest absolute Gasteiger partial charge is 0.344 e. The van der Waals surface area contributed by atoms with Gasteiger partial charge in [0, 0.05) is 23.4 Å². The van der Waals surface area contributed by atoms with Crippen LogP contribution in [-0.2, 0) is 20.7 Å². The molecule has 1 atom stereocenters. The Morgan fingerprint density at radius 1 is 1.65 bits per heavy atom. The second-order valence-corrected chi connectivity index (χ2v) is 3.96. The average molecular weight is 256 g/mol. The molecule has 8 heteroatoms. The van der Waals surface area contributed by atoms with E-state index in [1.54, 1.807) is 0 Å². The minimum Gasteiger partial charge on any atom is -0.606 e. The second kappa shape index (κ2) is 5.97. The third-order valence-electron chi connectivity index (χ3n) is 1.67. The van der Waals surface area contributed by atoms with Crippen LogP contribution in [0, 0.1) is 10.1 Å². The Kier molecular flexibility index (Phi) is 4.61. The van der Waals surface area contributed by atoms with Gasteiger partial charge in [-0.2, -0.15) is 0 Å². The Hall–Kier alpha value is -1.93. The molecule has 1 rings (SSSR count). The highest BCUT2D eigenvalue weighted by Crippen LogP contribution is 2.21. The summed E-state index contributed by atoms with van der Waals surface area (Å²) in [7, 11) is 1.17. The van der Waals surface area contributed by atoms with E-state index in [-0.39, 0.29) is 10.7 Å². The molecule has 1 unspecified atom stereocenters. The molecule has 0 amide bonds. The quantitative estimate of drug-likeness (QED) is 0.259. The number of rotatable bonds is 4. The third kappa shape index (κ3) is 3.54. The lowest BCUT2D eigenvalue weighted by Gasteiger charge is -2.03. The molecule has 0 saturated heterocycles.